The highest BCUT2D eigenvalue weighted by atomic mass is 35.5. The Hall–Kier alpha value is -1.92. The number of rotatable bonds is 4. The van der Waals surface area contributed by atoms with Crippen molar-refractivity contribution in [2.75, 3.05) is 11.9 Å². The Bertz CT molecular complexity index is 821. The van der Waals surface area contributed by atoms with Crippen molar-refractivity contribution in [1.82, 2.24) is 0 Å². The van der Waals surface area contributed by atoms with Crippen LogP contribution in [0.2, 0.25) is 5.02 Å². The highest BCUT2D eigenvalue weighted by Crippen LogP contribution is 2.32. The molecule has 1 aliphatic carbocycles. The molecule has 0 radical (unpaired) electrons. The van der Waals surface area contributed by atoms with E-state index in [2.05, 4.69) is 12.2 Å². The molecule has 132 valence electrons. The third kappa shape index (κ3) is 4.38. The number of carbonyl (C=O) groups excluding carboxylic acids is 2. The average Bonchev–Trinajstić information content (AvgIpc) is 2.99. The Morgan fingerprint density at radius 1 is 1.40 bits per heavy atom. The number of nitrogens with one attached hydrogen (secondary N) is 1. The van der Waals surface area contributed by atoms with E-state index < -0.39 is 24.3 Å². The van der Waals surface area contributed by atoms with E-state index in [9.17, 15) is 14.0 Å². The molecule has 1 heterocycles. The molecule has 0 aliphatic heterocycles. The van der Waals surface area contributed by atoms with Crippen LogP contribution in [-0.4, -0.2) is 18.5 Å². The Kier molecular flexibility index (Phi) is 5.39. The van der Waals surface area contributed by atoms with Crippen LogP contribution in [0, 0.1) is 11.7 Å². The molecule has 1 aromatic heterocycles. The molecule has 1 aromatic carbocycles. The predicted octanol–water partition coefficient (Wildman–Crippen LogP) is 4.46. The van der Waals surface area contributed by atoms with Crippen molar-refractivity contribution >= 4 is 40.5 Å². The summed E-state index contributed by atoms with van der Waals surface area (Å²) in [6.45, 7) is 1.79. The van der Waals surface area contributed by atoms with E-state index in [1.165, 1.54) is 33.9 Å². The molecule has 0 saturated carbocycles. The number of hydrogen-bond acceptors (Lipinski definition) is 4. The van der Waals surface area contributed by atoms with Crippen molar-refractivity contribution in [3.05, 3.63) is 50.4 Å². The number of esters is 1. The zero-order valence-electron chi connectivity index (χ0n) is 13.6. The van der Waals surface area contributed by atoms with Gasteiger partial charge in [0.15, 0.2) is 6.61 Å². The molecule has 3 rings (SSSR count). The van der Waals surface area contributed by atoms with E-state index in [1.807, 2.05) is 6.07 Å². The maximum absolute atomic E-state index is 13.1. The van der Waals surface area contributed by atoms with Gasteiger partial charge in [-0.15, -0.1) is 11.3 Å². The van der Waals surface area contributed by atoms with Crippen LogP contribution < -0.4 is 5.32 Å². The first-order valence-corrected chi connectivity index (χ1v) is 9.15. The third-order valence-electron chi connectivity index (χ3n) is 4.07. The lowest BCUT2D eigenvalue weighted by molar-refractivity contribution is -0.119. The van der Waals surface area contributed by atoms with Crippen LogP contribution in [0.25, 0.3) is 0 Å². The van der Waals surface area contributed by atoms with Crippen LogP contribution in [0.1, 0.15) is 33.5 Å². The minimum atomic E-state index is -0.568. The molecule has 0 saturated heterocycles. The molecule has 0 bridgehead atoms. The summed E-state index contributed by atoms with van der Waals surface area (Å²) in [6, 6.07) is 5.71. The van der Waals surface area contributed by atoms with Crippen molar-refractivity contribution in [2.45, 2.75) is 26.2 Å². The fraction of sp³-hybridized carbons (Fsp3) is 0.333. The van der Waals surface area contributed by atoms with E-state index in [-0.39, 0.29) is 5.02 Å². The molecule has 4 nitrogen and oxygen atoms in total. The molecule has 1 atom stereocenters. The quantitative estimate of drug-likeness (QED) is 0.795. The standard InChI is InChI=1S/C18H17ClFNO3S/c1-10-2-5-15-11(6-10)7-16(25-15)18(23)24-9-17(22)21-12-3-4-14(20)13(19)8-12/h3-4,7-8,10H,2,5-6,9H2,1H3,(H,21,22)/t10-/m1/s1. The number of anilines is 1. The van der Waals surface area contributed by atoms with Crippen molar-refractivity contribution in [3.8, 4) is 0 Å². The molecule has 1 N–H and O–H groups in total. The summed E-state index contributed by atoms with van der Waals surface area (Å²) >= 11 is 7.09. The zero-order chi connectivity index (χ0) is 18.0. The van der Waals surface area contributed by atoms with E-state index in [0.29, 0.717) is 16.5 Å². The van der Waals surface area contributed by atoms with Gasteiger partial charge < -0.3 is 10.1 Å². The highest BCUT2D eigenvalue weighted by Gasteiger charge is 2.21. The van der Waals surface area contributed by atoms with Gasteiger partial charge in [0.1, 0.15) is 10.7 Å². The van der Waals surface area contributed by atoms with E-state index in [4.69, 9.17) is 16.3 Å². The number of halogens is 2. The van der Waals surface area contributed by atoms with Crippen LogP contribution in [0.4, 0.5) is 10.1 Å². The first kappa shape index (κ1) is 17.9. The first-order chi connectivity index (χ1) is 11.9. The van der Waals surface area contributed by atoms with Gasteiger partial charge in [-0.3, -0.25) is 4.79 Å². The van der Waals surface area contributed by atoms with Crippen LogP contribution >= 0.6 is 22.9 Å². The van der Waals surface area contributed by atoms with Crippen molar-refractivity contribution in [1.29, 1.82) is 0 Å². The molecular weight excluding hydrogens is 365 g/mol. The first-order valence-electron chi connectivity index (χ1n) is 7.96. The SMILES string of the molecule is C[C@@H]1CCc2sc(C(=O)OCC(=O)Nc3ccc(F)c(Cl)c3)cc2C1. The number of aryl methyl sites for hydroxylation is 1. The Balaban J connectivity index is 1.55. The number of fused-ring (bicyclic) bond motifs is 1. The largest absolute Gasteiger partial charge is 0.451 e. The summed E-state index contributed by atoms with van der Waals surface area (Å²) in [6.07, 6.45) is 3.09. The lowest BCUT2D eigenvalue weighted by atomic mass is 9.90. The van der Waals surface area contributed by atoms with Gasteiger partial charge in [-0.25, -0.2) is 9.18 Å². The minimum absolute atomic E-state index is 0.0896. The lowest BCUT2D eigenvalue weighted by Crippen LogP contribution is -2.20. The van der Waals surface area contributed by atoms with Gasteiger partial charge in [0.05, 0.1) is 5.02 Å². The number of hydrogen-bond donors (Lipinski definition) is 1. The van der Waals surface area contributed by atoms with Crippen molar-refractivity contribution in [2.24, 2.45) is 5.92 Å². The minimum Gasteiger partial charge on any atom is -0.451 e. The van der Waals surface area contributed by atoms with E-state index in [1.54, 1.807) is 0 Å². The third-order valence-corrected chi connectivity index (χ3v) is 5.57. The Morgan fingerprint density at radius 2 is 2.20 bits per heavy atom. The van der Waals surface area contributed by atoms with Gasteiger partial charge in [-0.2, -0.15) is 0 Å². The summed E-state index contributed by atoms with van der Waals surface area (Å²) in [5.41, 5.74) is 1.55. The second kappa shape index (κ2) is 7.54. The van der Waals surface area contributed by atoms with Crippen LogP contribution in [0.15, 0.2) is 24.3 Å². The maximum atomic E-state index is 13.1. The van der Waals surface area contributed by atoms with Crippen LogP contribution in [-0.2, 0) is 22.4 Å². The zero-order valence-corrected chi connectivity index (χ0v) is 15.2. The number of benzene rings is 1. The molecule has 2 aromatic rings. The topological polar surface area (TPSA) is 55.4 Å². The fourth-order valence-corrected chi connectivity index (χ4v) is 4.06. The molecule has 25 heavy (non-hydrogen) atoms. The van der Waals surface area contributed by atoms with Gasteiger partial charge >= 0.3 is 5.97 Å². The summed E-state index contributed by atoms with van der Waals surface area (Å²) in [7, 11) is 0. The molecular formula is C18H17ClFNO3S. The Morgan fingerprint density at radius 3 is 2.96 bits per heavy atom. The summed E-state index contributed by atoms with van der Waals surface area (Å²) in [4.78, 5) is 25.8. The maximum Gasteiger partial charge on any atom is 0.348 e. The van der Waals surface area contributed by atoms with Gasteiger partial charge in [-0.05, 0) is 55.0 Å². The monoisotopic (exact) mass is 381 g/mol. The normalized spacial score (nSPS) is 16.2. The van der Waals surface area contributed by atoms with E-state index >= 15 is 0 Å². The molecule has 0 fully saturated rings. The summed E-state index contributed by atoms with van der Waals surface area (Å²) < 4.78 is 18.2. The second-order valence-electron chi connectivity index (χ2n) is 6.16. The second-order valence-corrected chi connectivity index (χ2v) is 7.70. The number of thiophene rings is 1. The van der Waals surface area contributed by atoms with Crippen LogP contribution in [0.5, 0.6) is 0 Å². The molecule has 0 spiro atoms. The summed E-state index contributed by atoms with van der Waals surface area (Å²) in [5.74, 6) is -0.952. The van der Waals surface area contributed by atoms with Gasteiger partial charge in [0, 0.05) is 10.6 Å². The number of carbonyl (C=O) groups is 2. The molecule has 1 amide bonds. The highest BCUT2D eigenvalue weighted by molar-refractivity contribution is 7.14. The van der Waals surface area contributed by atoms with Crippen LogP contribution in [0.3, 0.4) is 0 Å². The molecule has 0 unspecified atom stereocenters. The van der Waals surface area contributed by atoms with E-state index in [0.717, 1.165) is 25.3 Å². The Labute approximate surface area is 153 Å². The van der Waals surface area contributed by atoms with Crippen molar-refractivity contribution < 1.29 is 18.7 Å². The van der Waals surface area contributed by atoms with Gasteiger partial charge in [0.2, 0.25) is 0 Å². The number of amides is 1. The van der Waals surface area contributed by atoms with Gasteiger partial charge in [-0.1, -0.05) is 18.5 Å². The van der Waals surface area contributed by atoms with Gasteiger partial charge in [0.25, 0.3) is 5.91 Å². The summed E-state index contributed by atoms with van der Waals surface area (Å²) in [5, 5.41) is 2.42. The van der Waals surface area contributed by atoms with Crippen molar-refractivity contribution in [3.63, 3.8) is 0 Å². The molecule has 1 aliphatic rings. The smallest absolute Gasteiger partial charge is 0.348 e. The predicted molar refractivity (Wildman–Crippen MR) is 95.8 cm³/mol. The lowest BCUT2D eigenvalue weighted by Gasteiger charge is -2.16. The fourth-order valence-electron chi connectivity index (χ4n) is 2.78. The average molecular weight is 382 g/mol. The molecule has 7 heteroatoms. The number of ether oxygens (including phenoxy) is 1.